The highest BCUT2D eigenvalue weighted by Gasteiger charge is 2.28. The predicted octanol–water partition coefficient (Wildman–Crippen LogP) is 3.24. The van der Waals surface area contributed by atoms with Crippen molar-refractivity contribution in [3.63, 3.8) is 0 Å². The van der Waals surface area contributed by atoms with Crippen LogP contribution in [-0.4, -0.2) is 17.6 Å². The molecule has 0 bridgehead atoms. The molecule has 0 saturated carbocycles. The molecule has 5 heteroatoms. The zero-order valence-corrected chi connectivity index (χ0v) is 11.5. The van der Waals surface area contributed by atoms with E-state index in [0.717, 1.165) is 24.9 Å². The summed E-state index contributed by atoms with van der Waals surface area (Å²) in [5, 5.41) is 14.8. The summed E-state index contributed by atoms with van der Waals surface area (Å²) in [4.78, 5) is 3.95. The number of ether oxygens (including phenoxy) is 1. The normalized spacial score (nSPS) is 22.0. The molecule has 2 aromatic rings. The Morgan fingerprint density at radius 3 is 3.00 bits per heavy atom. The molecule has 1 saturated heterocycles. The van der Waals surface area contributed by atoms with Gasteiger partial charge in [0.15, 0.2) is 5.75 Å². The number of nitrogens with zero attached hydrogens (tertiary/aromatic N) is 1. The first-order chi connectivity index (χ1) is 10.2. The minimum atomic E-state index is -0.323. The lowest BCUT2D eigenvalue weighted by molar-refractivity contribution is 0.119. The van der Waals surface area contributed by atoms with Crippen molar-refractivity contribution in [2.75, 3.05) is 6.54 Å². The smallest absolute Gasteiger partial charge is 0.197 e. The highest BCUT2D eigenvalue weighted by molar-refractivity contribution is 5.27. The molecule has 0 aliphatic carbocycles. The molecule has 109 valence electrons. The van der Waals surface area contributed by atoms with Gasteiger partial charge < -0.3 is 10.1 Å². The Morgan fingerprint density at radius 2 is 2.19 bits per heavy atom. The Balaban J connectivity index is 1.81. The molecule has 2 atom stereocenters. The molecule has 1 aromatic heterocycles. The molecule has 21 heavy (non-hydrogen) atoms. The Bertz CT molecular complexity index is 621. The van der Waals surface area contributed by atoms with E-state index in [1.165, 1.54) is 18.3 Å². The standard InChI is InChI=1S/C16H16FN2O2/c17-12-3-1-4-14(8-12)21-15-5-2-6-19-16(15)11-7-13(20)10-18-9-11/h1,3-4,7-10,15-16,19H,2,5-6H2. The number of rotatable bonds is 3. The number of piperidine rings is 1. The van der Waals surface area contributed by atoms with Gasteiger partial charge >= 0.3 is 0 Å². The van der Waals surface area contributed by atoms with Crippen LogP contribution in [0, 0.1) is 5.82 Å². The van der Waals surface area contributed by atoms with E-state index in [9.17, 15) is 9.50 Å². The van der Waals surface area contributed by atoms with E-state index in [1.807, 2.05) is 0 Å². The molecule has 3 rings (SSSR count). The predicted molar refractivity (Wildman–Crippen MR) is 75.2 cm³/mol. The van der Waals surface area contributed by atoms with Gasteiger partial charge in [0, 0.05) is 12.3 Å². The lowest BCUT2D eigenvalue weighted by atomic mass is 9.95. The van der Waals surface area contributed by atoms with Crippen LogP contribution in [0.2, 0.25) is 0 Å². The van der Waals surface area contributed by atoms with Crippen molar-refractivity contribution in [2.24, 2.45) is 0 Å². The number of benzene rings is 1. The maximum absolute atomic E-state index is 13.2. The second-order valence-corrected chi connectivity index (χ2v) is 5.14. The molecular weight excluding hydrogens is 271 g/mol. The molecule has 0 amide bonds. The van der Waals surface area contributed by atoms with Crippen LogP contribution in [0.5, 0.6) is 11.5 Å². The van der Waals surface area contributed by atoms with Crippen LogP contribution >= 0.6 is 0 Å². The van der Waals surface area contributed by atoms with Gasteiger partial charge in [-0.05, 0) is 43.1 Å². The van der Waals surface area contributed by atoms with Gasteiger partial charge in [0.25, 0.3) is 0 Å². The second kappa shape index (κ2) is 6.10. The Labute approximate surface area is 122 Å². The molecule has 4 nitrogen and oxygen atoms in total. The van der Waals surface area contributed by atoms with Crippen molar-refractivity contribution in [2.45, 2.75) is 25.0 Å². The second-order valence-electron chi connectivity index (χ2n) is 5.14. The molecule has 0 spiro atoms. The zero-order valence-electron chi connectivity index (χ0n) is 11.5. The zero-order chi connectivity index (χ0) is 14.7. The maximum Gasteiger partial charge on any atom is 0.197 e. The van der Waals surface area contributed by atoms with Gasteiger partial charge in [-0.2, -0.15) is 0 Å². The molecule has 1 N–H and O–H groups in total. The lowest BCUT2D eigenvalue weighted by Gasteiger charge is -2.33. The summed E-state index contributed by atoms with van der Waals surface area (Å²) in [7, 11) is 0. The minimum Gasteiger partial charge on any atom is -0.488 e. The summed E-state index contributed by atoms with van der Waals surface area (Å²) in [6.45, 7) is 0.858. The fraction of sp³-hybridized carbons (Fsp3) is 0.312. The minimum absolute atomic E-state index is 0.108. The van der Waals surface area contributed by atoms with Gasteiger partial charge in [-0.3, -0.25) is 10.1 Å². The molecule has 2 heterocycles. The van der Waals surface area contributed by atoms with Crippen molar-refractivity contribution in [3.8, 4) is 11.5 Å². The van der Waals surface area contributed by atoms with E-state index in [0.29, 0.717) is 5.75 Å². The van der Waals surface area contributed by atoms with Crippen LogP contribution < -0.4 is 10.1 Å². The molecule has 1 aliphatic rings. The fourth-order valence-corrected chi connectivity index (χ4v) is 2.64. The summed E-state index contributed by atoms with van der Waals surface area (Å²) in [5.41, 5.74) is 0.809. The van der Waals surface area contributed by atoms with Gasteiger partial charge in [0.2, 0.25) is 0 Å². The van der Waals surface area contributed by atoms with Crippen LogP contribution in [0.25, 0.3) is 0 Å². The van der Waals surface area contributed by atoms with Gasteiger partial charge in [-0.15, -0.1) is 0 Å². The van der Waals surface area contributed by atoms with Crippen molar-refractivity contribution in [3.05, 3.63) is 54.1 Å². The number of hydrogen-bond acceptors (Lipinski definition) is 3. The molecule has 1 aromatic carbocycles. The van der Waals surface area contributed by atoms with Crippen molar-refractivity contribution in [1.82, 2.24) is 10.3 Å². The highest BCUT2D eigenvalue weighted by Crippen LogP contribution is 2.29. The summed E-state index contributed by atoms with van der Waals surface area (Å²) < 4.78 is 19.2. The third kappa shape index (κ3) is 3.31. The molecule has 1 fully saturated rings. The van der Waals surface area contributed by atoms with E-state index in [4.69, 9.17) is 4.74 Å². The summed E-state index contributed by atoms with van der Waals surface area (Å²) in [5.74, 6) is 0.0559. The molecule has 1 radical (unpaired) electrons. The largest absolute Gasteiger partial charge is 0.488 e. The fourth-order valence-electron chi connectivity index (χ4n) is 2.64. The molecule has 2 unspecified atom stereocenters. The van der Waals surface area contributed by atoms with E-state index >= 15 is 0 Å². The van der Waals surface area contributed by atoms with Gasteiger partial charge in [0.05, 0.1) is 12.2 Å². The Hall–Kier alpha value is -2.14. The van der Waals surface area contributed by atoms with Gasteiger partial charge in [0.1, 0.15) is 17.7 Å². The lowest BCUT2D eigenvalue weighted by Crippen LogP contribution is -2.41. The van der Waals surface area contributed by atoms with Crippen LogP contribution in [0.3, 0.4) is 0 Å². The molecular formula is C16H16FN2O2. The van der Waals surface area contributed by atoms with Gasteiger partial charge in [-0.25, -0.2) is 4.39 Å². The Kier molecular flexibility index (Phi) is 4.01. The third-order valence-electron chi connectivity index (χ3n) is 3.58. The monoisotopic (exact) mass is 287 g/mol. The quantitative estimate of drug-likeness (QED) is 0.943. The van der Waals surface area contributed by atoms with Crippen molar-refractivity contribution < 1.29 is 14.2 Å². The number of nitrogens with one attached hydrogen (secondary N) is 1. The van der Waals surface area contributed by atoms with E-state index in [-0.39, 0.29) is 23.7 Å². The first-order valence-corrected chi connectivity index (χ1v) is 7.00. The Morgan fingerprint density at radius 1 is 1.29 bits per heavy atom. The first-order valence-electron chi connectivity index (χ1n) is 7.00. The first kappa shape index (κ1) is 13.8. The van der Waals surface area contributed by atoms with E-state index in [1.54, 1.807) is 24.4 Å². The number of halogens is 1. The molecule has 1 aliphatic heterocycles. The highest BCUT2D eigenvalue weighted by atomic mass is 19.1. The summed E-state index contributed by atoms with van der Waals surface area (Å²) in [6, 6.07) is 7.57. The van der Waals surface area contributed by atoms with Gasteiger partial charge in [-0.1, -0.05) is 6.07 Å². The number of pyridine rings is 1. The number of hydrogen-bond donors (Lipinski definition) is 1. The number of aromatic nitrogens is 1. The topological polar surface area (TPSA) is 54.0 Å². The SMILES string of the molecule is [O]c1cncc(C2NCCCC2Oc2cccc(F)c2)c1. The average molecular weight is 287 g/mol. The summed E-state index contributed by atoms with van der Waals surface area (Å²) >= 11 is 0. The van der Waals surface area contributed by atoms with Crippen LogP contribution in [0.1, 0.15) is 24.4 Å². The average Bonchev–Trinajstić information content (AvgIpc) is 2.48. The van der Waals surface area contributed by atoms with E-state index in [2.05, 4.69) is 10.3 Å². The van der Waals surface area contributed by atoms with Crippen LogP contribution in [0.15, 0.2) is 42.7 Å². The maximum atomic E-state index is 13.2. The van der Waals surface area contributed by atoms with Crippen LogP contribution in [-0.2, 0) is 5.11 Å². The van der Waals surface area contributed by atoms with Crippen molar-refractivity contribution in [1.29, 1.82) is 0 Å². The van der Waals surface area contributed by atoms with E-state index < -0.39 is 0 Å². The summed E-state index contributed by atoms with van der Waals surface area (Å²) in [6.07, 6.45) is 4.63. The third-order valence-corrected chi connectivity index (χ3v) is 3.58. The van der Waals surface area contributed by atoms with Crippen molar-refractivity contribution >= 4 is 0 Å². The van der Waals surface area contributed by atoms with Crippen LogP contribution in [0.4, 0.5) is 4.39 Å².